The van der Waals surface area contributed by atoms with E-state index in [0.29, 0.717) is 6.42 Å². The van der Waals surface area contributed by atoms with Gasteiger partial charge < -0.3 is 10.1 Å². The molecule has 0 unspecified atom stereocenters. The van der Waals surface area contributed by atoms with Crippen LogP contribution in [0.2, 0.25) is 0 Å². The Morgan fingerprint density at radius 3 is 2.94 bits per heavy atom. The second-order valence-electron chi connectivity index (χ2n) is 3.57. The molecule has 0 heterocycles. The van der Waals surface area contributed by atoms with Crippen LogP contribution in [0.3, 0.4) is 0 Å². The summed E-state index contributed by atoms with van der Waals surface area (Å²) in [6, 6.07) is 0. The van der Waals surface area contributed by atoms with Crippen molar-refractivity contribution in [3.8, 4) is 12.3 Å². The summed E-state index contributed by atoms with van der Waals surface area (Å²) in [5, 5.41) is 2.42. The molecule has 16 heavy (non-hydrogen) atoms. The number of hydrogen-bond donors (Lipinski definition) is 1. The van der Waals surface area contributed by atoms with E-state index < -0.39 is 0 Å². The number of allylic oxidation sites excluding steroid dienone is 2. The topological polar surface area (TPSA) is 55.4 Å². The van der Waals surface area contributed by atoms with Crippen molar-refractivity contribution >= 4 is 11.9 Å². The first kappa shape index (κ1) is 12.3. The lowest BCUT2D eigenvalue weighted by Gasteiger charge is -2.15. The fraction of sp³-hybridized carbons (Fsp3) is 0.500. The molecule has 86 valence electrons. The van der Waals surface area contributed by atoms with Crippen LogP contribution in [0.15, 0.2) is 12.2 Å². The van der Waals surface area contributed by atoms with Crippen LogP contribution >= 0.6 is 0 Å². The summed E-state index contributed by atoms with van der Waals surface area (Å²) in [5.41, 5.74) is 0. The van der Waals surface area contributed by atoms with E-state index in [-0.39, 0.29) is 30.9 Å². The average Bonchev–Trinajstić information content (AvgIpc) is 2.34. The third kappa shape index (κ3) is 4.18. The highest BCUT2D eigenvalue weighted by atomic mass is 16.5. The number of amides is 1. The predicted octanol–water partition coefficient (Wildman–Crippen LogP) is 0.635. The smallest absolute Gasteiger partial charge is 0.309 e. The van der Waals surface area contributed by atoms with E-state index in [1.807, 2.05) is 12.2 Å². The SMILES string of the molecule is C#CCNC(=O)COC(=O)[C@@H]1CC=CCC1. The first-order valence-electron chi connectivity index (χ1n) is 5.26. The molecule has 0 spiro atoms. The minimum atomic E-state index is -0.363. The van der Waals surface area contributed by atoms with E-state index in [1.165, 1.54) is 0 Å². The normalized spacial score (nSPS) is 18.6. The molecule has 0 bridgehead atoms. The van der Waals surface area contributed by atoms with Gasteiger partial charge in [0.25, 0.3) is 5.91 Å². The molecule has 1 N–H and O–H groups in total. The summed E-state index contributed by atoms with van der Waals surface area (Å²) in [6.45, 7) is -0.0940. The maximum absolute atomic E-state index is 11.5. The summed E-state index contributed by atoms with van der Waals surface area (Å²) in [6.07, 6.45) is 11.4. The summed E-state index contributed by atoms with van der Waals surface area (Å²) >= 11 is 0. The fourth-order valence-electron chi connectivity index (χ4n) is 1.46. The molecular weight excluding hydrogens is 206 g/mol. The van der Waals surface area contributed by atoms with Crippen molar-refractivity contribution in [2.45, 2.75) is 19.3 Å². The Hall–Kier alpha value is -1.76. The highest BCUT2D eigenvalue weighted by Gasteiger charge is 2.20. The zero-order valence-electron chi connectivity index (χ0n) is 9.07. The number of terminal acetylenes is 1. The van der Waals surface area contributed by atoms with Crippen molar-refractivity contribution in [1.82, 2.24) is 5.32 Å². The highest BCUT2D eigenvalue weighted by Crippen LogP contribution is 2.19. The number of carbonyl (C=O) groups is 2. The molecule has 4 nitrogen and oxygen atoms in total. The molecule has 1 atom stereocenters. The average molecular weight is 221 g/mol. The summed E-state index contributed by atoms with van der Waals surface area (Å²) in [5.74, 6) is 1.49. The molecular formula is C12H15NO3. The van der Waals surface area contributed by atoms with Crippen LogP contribution in [0.1, 0.15) is 19.3 Å². The Kier molecular flexibility index (Phi) is 5.13. The predicted molar refractivity (Wildman–Crippen MR) is 59.3 cm³/mol. The summed E-state index contributed by atoms with van der Waals surface area (Å²) in [7, 11) is 0. The van der Waals surface area contributed by atoms with Gasteiger partial charge >= 0.3 is 5.97 Å². The van der Waals surface area contributed by atoms with Crippen LogP contribution in [0, 0.1) is 18.3 Å². The molecule has 1 aliphatic carbocycles. The maximum Gasteiger partial charge on any atom is 0.309 e. The van der Waals surface area contributed by atoms with Crippen molar-refractivity contribution < 1.29 is 14.3 Å². The van der Waals surface area contributed by atoms with Gasteiger partial charge in [0, 0.05) is 0 Å². The van der Waals surface area contributed by atoms with Crippen LogP contribution in [0.4, 0.5) is 0 Å². The first-order valence-corrected chi connectivity index (χ1v) is 5.26. The van der Waals surface area contributed by atoms with Gasteiger partial charge in [-0.2, -0.15) is 0 Å². The molecule has 4 heteroatoms. The summed E-state index contributed by atoms with van der Waals surface area (Å²) < 4.78 is 4.89. The molecule has 0 fully saturated rings. The first-order chi connectivity index (χ1) is 7.74. The third-order valence-corrected chi connectivity index (χ3v) is 2.34. The van der Waals surface area contributed by atoms with Gasteiger partial charge in [-0.25, -0.2) is 0 Å². The molecule has 0 saturated heterocycles. The lowest BCUT2D eigenvalue weighted by Crippen LogP contribution is -2.30. The Balaban J connectivity index is 2.22. The Bertz CT molecular complexity index is 328. The van der Waals surface area contributed by atoms with Crippen LogP contribution < -0.4 is 5.32 Å². The van der Waals surface area contributed by atoms with Crippen LogP contribution in [-0.2, 0) is 14.3 Å². The van der Waals surface area contributed by atoms with Gasteiger partial charge in [-0.1, -0.05) is 18.1 Å². The molecule has 1 rings (SSSR count). The third-order valence-electron chi connectivity index (χ3n) is 2.34. The highest BCUT2D eigenvalue weighted by molar-refractivity contribution is 5.81. The van der Waals surface area contributed by atoms with Gasteiger partial charge in [-0.15, -0.1) is 6.42 Å². The van der Waals surface area contributed by atoms with Crippen molar-refractivity contribution in [1.29, 1.82) is 0 Å². The molecule has 0 radical (unpaired) electrons. The number of ether oxygens (including phenoxy) is 1. The number of rotatable bonds is 4. The van der Waals surface area contributed by atoms with E-state index in [2.05, 4.69) is 11.2 Å². The van der Waals surface area contributed by atoms with Gasteiger partial charge in [-0.05, 0) is 19.3 Å². The quantitative estimate of drug-likeness (QED) is 0.430. The van der Waals surface area contributed by atoms with Gasteiger partial charge in [0.1, 0.15) is 0 Å². The van der Waals surface area contributed by atoms with E-state index in [9.17, 15) is 9.59 Å². The number of nitrogens with one attached hydrogen (secondary N) is 1. The van der Waals surface area contributed by atoms with E-state index in [1.54, 1.807) is 0 Å². The van der Waals surface area contributed by atoms with Crippen molar-refractivity contribution in [2.24, 2.45) is 5.92 Å². The van der Waals surface area contributed by atoms with Crippen LogP contribution in [0.5, 0.6) is 0 Å². The maximum atomic E-state index is 11.5. The summed E-state index contributed by atoms with van der Waals surface area (Å²) in [4.78, 5) is 22.6. The lowest BCUT2D eigenvalue weighted by atomic mass is 9.95. The van der Waals surface area contributed by atoms with E-state index in [0.717, 1.165) is 12.8 Å². The monoisotopic (exact) mass is 221 g/mol. The molecule has 0 aromatic rings. The van der Waals surface area contributed by atoms with Gasteiger partial charge in [0.15, 0.2) is 6.61 Å². The second-order valence-corrected chi connectivity index (χ2v) is 3.57. The van der Waals surface area contributed by atoms with Gasteiger partial charge in [0.2, 0.25) is 0 Å². The van der Waals surface area contributed by atoms with E-state index in [4.69, 9.17) is 11.2 Å². The van der Waals surface area contributed by atoms with E-state index >= 15 is 0 Å². The van der Waals surface area contributed by atoms with Crippen LogP contribution in [0.25, 0.3) is 0 Å². The standard InChI is InChI=1S/C12H15NO3/c1-2-8-13-11(14)9-16-12(15)10-6-4-3-5-7-10/h1,3-4,10H,5-9H2,(H,13,14)/t10-/m1/s1. The van der Waals surface area contributed by atoms with Gasteiger partial charge in [-0.3, -0.25) is 9.59 Å². The van der Waals surface area contributed by atoms with Gasteiger partial charge in [0.05, 0.1) is 12.5 Å². The molecule has 0 aromatic carbocycles. The Morgan fingerprint density at radius 1 is 1.50 bits per heavy atom. The largest absolute Gasteiger partial charge is 0.455 e. The zero-order valence-corrected chi connectivity index (χ0v) is 9.07. The van der Waals surface area contributed by atoms with Crippen molar-refractivity contribution in [2.75, 3.05) is 13.2 Å². The van der Waals surface area contributed by atoms with Crippen molar-refractivity contribution in [3.05, 3.63) is 12.2 Å². The molecule has 0 aliphatic heterocycles. The Labute approximate surface area is 95.0 Å². The lowest BCUT2D eigenvalue weighted by molar-refractivity contribution is -0.152. The molecule has 1 aliphatic rings. The molecule has 0 saturated carbocycles. The van der Waals surface area contributed by atoms with Crippen molar-refractivity contribution in [3.63, 3.8) is 0 Å². The minimum Gasteiger partial charge on any atom is -0.455 e. The molecule has 1 amide bonds. The Morgan fingerprint density at radius 2 is 2.31 bits per heavy atom. The number of carbonyl (C=O) groups excluding carboxylic acids is 2. The number of esters is 1. The fourth-order valence-corrected chi connectivity index (χ4v) is 1.46. The molecule has 0 aromatic heterocycles. The second kappa shape index (κ2) is 6.67. The minimum absolute atomic E-state index is 0.106. The van der Waals surface area contributed by atoms with Crippen LogP contribution in [-0.4, -0.2) is 25.0 Å². The number of hydrogen-bond acceptors (Lipinski definition) is 3. The zero-order chi connectivity index (χ0) is 11.8.